The minimum Gasteiger partial charge on any atom is -0.389 e. The van der Waals surface area contributed by atoms with Crippen molar-refractivity contribution in [2.45, 2.75) is 26.4 Å². The molecule has 0 fully saturated rings. The van der Waals surface area contributed by atoms with E-state index in [1.807, 2.05) is 6.92 Å². The highest BCUT2D eigenvalue weighted by Crippen LogP contribution is 2.02. The molecule has 0 aromatic carbocycles. The number of hydrogen-bond acceptors (Lipinski definition) is 4. The van der Waals surface area contributed by atoms with Gasteiger partial charge in [0, 0.05) is 19.7 Å². The zero-order chi connectivity index (χ0) is 12.6. The second-order valence-corrected chi connectivity index (χ2v) is 4.53. The van der Waals surface area contributed by atoms with E-state index in [9.17, 15) is 9.90 Å². The van der Waals surface area contributed by atoms with Gasteiger partial charge in [0.2, 0.25) is 5.91 Å². The Kier molecular flexibility index (Phi) is 7.29. The smallest absolute Gasteiger partial charge is 0.234 e. The van der Waals surface area contributed by atoms with Gasteiger partial charge in [-0.05, 0) is 27.8 Å². The van der Waals surface area contributed by atoms with E-state index in [-0.39, 0.29) is 12.5 Å². The van der Waals surface area contributed by atoms with Crippen LogP contribution in [0.4, 0.5) is 0 Å². The van der Waals surface area contributed by atoms with E-state index < -0.39 is 5.60 Å². The maximum absolute atomic E-state index is 11.4. The van der Waals surface area contributed by atoms with E-state index in [1.54, 1.807) is 25.8 Å². The summed E-state index contributed by atoms with van der Waals surface area (Å²) in [5, 5.41) is 12.3. The van der Waals surface area contributed by atoms with E-state index in [0.717, 1.165) is 0 Å². The van der Waals surface area contributed by atoms with Crippen LogP contribution in [0.2, 0.25) is 0 Å². The molecule has 0 saturated carbocycles. The molecule has 0 bridgehead atoms. The molecule has 0 heterocycles. The Morgan fingerprint density at radius 1 is 1.50 bits per heavy atom. The molecular weight excluding hydrogens is 208 g/mol. The predicted octanol–water partition coefficient (Wildman–Crippen LogP) is -0.158. The van der Waals surface area contributed by atoms with Gasteiger partial charge in [0.25, 0.3) is 0 Å². The normalized spacial score (nSPS) is 11.9. The highest BCUT2D eigenvalue weighted by Gasteiger charge is 2.16. The lowest BCUT2D eigenvalue weighted by Gasteiger charge is -2.24. The minimum absolute atomic E-state index is 0.0496. The average Bonchev–Trinajstić information content (AvgIpc) is 2.09. The zero-order valence-corrected chi connectivity index (χ0v) is 10.7. The van der Waals surface area contributed by atoms with E-state index in [1.165, 1.54) is 0 Å². The highest BCUT2D eigenvalue weighted by molar-refractivity contribution is 5.77. The number of ether oxygens (including phenoxy) is 1. The van der Waals surface area contributed by atoms with Crippen molar-refractivity contribution in [3.63, 3.8) is 0 Å². The van der Waals surface area contributed by atoms with Gasteiger partial charge in [-0.15, -0.1) is 0 Å². The summed E-state index contributed by atoms with van der Waals surface area (Å²) in [5.74, 6) is -0.0496. The molecule has 16 heavy (non-hydrogen) atoms. The summed E-state index contributed by atoms with van der Waals surface area (Å²) in [5.41, 5.74) is -0.777. The van der Waals surface area contributed by atoms with E-state index in [2.05, 4.69) is 5.32 Å². The first-order valence-corrected chi connectivity index (χ1v) is 5.60. The van der Waals surface area contributed by atoms with Crippen LogP contribution in [0.15, 0.2) is 0 Å². The van der Waals surface area contributed by atoms with Gasteiger partial charge >= 0.3 is 0 Å². The van der Waals surface area contributed by atoms with E-state index in [0.29, 0.717) is 26.3 Å². The summed E-state index contributed by atoms with van der Waals surface area (Å²) in [6, 6.07) is 0. The number of rotatable bonds is 8. The molecule has 0 aliphatic carbocycles. The van der Waals surface area contributed by atoms with Crippen molar-refractivity contribution >= 4 is 5.91 Å². The van der Waals surface area contributed by atoms with Gasteiger partial charge in [-0.3, -0.25) is 9.69 Å². The second kappa shape index (κ2) is 7.60. The number of amides is 1. The SMILES string of the molecule is CCOCCNC(=O)CN(C)CC(C)(C)O. The Bertz CT molecular complexity index is 202. The molecule has 0 saturated heterocycles. The Hall–Kier alpha value is -0.650. The molecule has 0 rings (SSSR count). The molecular formula is C11H24N2O3. The fourth-order valence-corrected chi connectivity index (χ4v) is 1.42. The second-order valence-electron chi connectivity index (χ2n) is 4.53. The molecule has 5 heteroatoms. The fraction of sp³-hybridized carbons (Fsp3) is 0.909. The molecule has 5 nitrogen and oxygen atoms in total. The lowest BCUT2D eigenvalue weighted by Crippen LogP contribution is -2.42. The predicted molar refractivity (Wildman–Crippen MR) is 63.3 cm³/mol. The van der Waals surface area contributed by atoms with Crippen LogP contribution in [0.5, 0.6) is 0 Å². The van der Waals surface area contributed by atoms with Crippen LogP contribution in [-0.2, 0) is 9.53 Å². The Balaban J connectivity index is 3.62. The van der Waals surface area contributed by atoms with Crippen molar-refractivity contribution in [1.82, 2.24) is 10.2 Å². The summed E-state index contributed by atoms with van der Waals surface area (Å²) in [6.07, 6.45) is 0. The minimum atomic E-state index is -0.777. The number of nitrogens with zero attached hydrogens (tertiary/aromatic N) is 1. The molecule has 0 spiro atoms. The van der Waals surface area contributed by atoms with Crippen LogP contribution in [-0.4, -0.2) is 61.4 Å². The number of aliphatic hydroxyl groups is 1. The largest absolute Gasteiger partial charge is 0.389 e. The molecule has 0 aromatic heterocycles. The first kappa shape index (κ1) is 15.3. The maximum atomic E-state index is 11.4. The van der Waals surface area contributed by atoms with Crippen molar-refractivity contribution in [1.29, 1.82) is 0 Å². The third-order valence-corrected chi connectivity index (χ3v) is 1.84. The molecule has 0 unspecified atom stereocenters. The quantitative estimate of drug-likeness (QED) is 0.571. The molecule has 1 amide bonds. The maximum Gasteiger partial charge on any atom is 0.234 e. The van der Waals surface area contributed by atoms with Gasteiger partial charge in [0.05, 0.1) is 18.8 Å². The van der Waals surface area contributed by atoms with Gasteiger partial charge < -0.3 is 15.2 Å². The average molecular weight is 232 g/mol. The van der Waals surface area contributed by atoms with Gasteiger partial charge in [0.15, 0.2) is 0 Å². The topological polar surface area (TPSA) is 61.8 Å². The van der Waals surface area contributed by atoms with Crippen molar-refractivity contribution < 1.29 is 14.6 Å². The van der Waals surface area contributed by atoms with Gasteiger partial charge in [-0.2, -0.15) is 0 Å². The summed E-state index contributed by atoms with van der Waals surface area (Å²) in [7, 11) is 1.81. The van der Waals surface area contributed by atoms with Crippen LogP contribution in [0, 0.1) is 0 Å². The molecule has 0 aliphatic heterocycles. The molecule has 0 radical (unpaired) electrons. The van der Waals surface area contributed by atoms with Crippen molar-refractivity contribution in [3.05, 3.63) is 0 Å². The molecule has 0 atom stereocenters. The van der Waals surface area contributed by atoms with Crippen LogP contribution in [0.3, 0.4) is 0 Å². The lowest BCUT2D eigenvalue weighted by atomic mass is 10.1. The molecule has 96 valence electrons. The summed E-state index contributed by atoms with van der Waals surface area (Å²) >= 11 is 0. The summed E-state index contributed by atoms with van der Waals surface area (Å²) in [4.78, 5) is 13.2. The molecule has 0 aliphatic rings. The van der Waals surface area contributed by atoms with Crippen molar-refractivity contribution in [2.24, 2.45) is 0 Å². The number of likely N-dealkylation sites (N-methyl/N-ethyl adjacent to an activating group) is 1. The number of hydrogen-bond donors (Lipinski definition) is 2. The molecule has 2 N–H and O–H groups in total. The zero-order valence-electron chi connectivity index (χ0n) is 10.7. The summed E-state index contributed by atoms with van der Waals surface area (Å²) < 4.78 is 5.10. The standard InChI is InChI=1S/C11H24N2O3/c1-5-16-7-6-12-10(14)8-13(4)9-11(2,3)15/h15H,5-9H2,1-4H3,(H,12,14). The number of nitrogens with one attached hydrogen (secondary N) is 1. The Morgan fingerprint density at radius 3 is 2.62 bits per heavy atom. The first-order valence-electron chi connectivity index (χ1n) is 5.60. The highest BCUT2D eigenvalue weighted by atomic mass is 16.5. The van der Waals surface area contributed by atoms with Gasteiger partial charge in [-0.25, -0.2) is 0 Å². The van der Waals surface area contributed by atoms with Crippen LogP contribution >= 0.6 is 0 Å². The van der Waals surface area contributed by atoms with Crippen LogP contribution in [0.1, 0.15) is 20.8 Å². The number of carbonyl (C=O) groups is 1. The fourth-order valence-electron chi connectivity index (χ4n) is 1.42. The summed E-state index contributed by atoms with van der Waals surface area (Å²) in [6.45, 7) is 7.84. The van der Waals surface area contributed by atoms with Crippen LogP contribution < -0.4 is 5.32 Å². The van der Waals surface area contributed by atoms with E-state index in [4.69, 9.17) is 4.74 Å². The lowest BCUT2D eigenvalue weighted by molar-refractivity contribution is -0.122. The third kappa shape index (κ3) is 9.89. The molecule has 0 aromatic rings. The Morgan fingerprint density at radius 2 is 2.12 bits per heavy atom. The monoisotopic (exact) mass is 232 g/mol. The van der Waals surface area contributed by atoms with Crippen LogP contribution in [0.25, 0.3) is 0 Å². The third-order valence-electron chi connectivity index (χ3n) is 1.84. The van der Waals surface area contributed by atoms with Crippen molar-refractivity contribution in [2.75, 3.05) is 39.9 Å². The van der Waals surface area contributed by atoms with Gasteiger partial charge in [0.1, 0.15) is 0 Å². The Labute approximate surface area is 97.8 Å². The van der Waals surface area contributed by atoms with E-state index >= 15 is 0 Å². The first-order chi connectivity index (χ1) is 7.35. The van der Waals surface area contributed by atoms with Crippen molar-refractivity contribution in [3.8, 4) is 0 Å². The van der Waals surface area contributed by atoms with Gasteiger partial charge in [-0.1, -0.05) is 0 Å². The number of carbonyl (C=O) groups excluding carboxylic acids is 1.